The highest BCUT2D eigenvalue weighted by Crippen LogP contribution is 2.67. The fourth-order valence-electron chi connectivity index (χ4n) is 7.77. The summed E-state index contributed by atoms with van der Waals surface area (Å²) >= 11 is 0. The van der Waals surface area contributed by atoms with Crippen LogP contribution >= 0.6 is 0 Å². The molecule has 190 valence electrons. The highest BCUT2D eigenvalue weighted by atomic mass is 19.2. The topological polar surface area (TPSA) is 40.5 Å². The van der Waals surface area contributed by atoms with Gasteiger partial charge in [0.1, 0.15) is 5.60 Å². The lowest BCUT2D eigenvalue weighted by Crippen LogP contribution is -2.51. The van der Waals surface area contributed by atoms with Gasteiger partial charge in [-0.1, -0.05) is 30.4 Å². The third kappa shape index (κ3) is 3.51. The zero-order chi connectivity index (χ0) is 25.4. The van der Waals surface area contributed by atoms with Gasteiger partial charge in [0.25, 0.3) is 0 Å². The predicted molar refractivity (Wildman–Crippen MR) is 136 cm³/mol. The van der Waals surface area contributed by atoms with Crippen LogP contribution in [0, 0.1) is 46.6 Å². The molecule has 6 rings (SSSR count). The van der Waals surface area contributed by atoms with Crippen molar-refractivity contribution in [3.8, 4) is 11.8 Å². The number of fused-ring (bicyclic) bond motifs is 4. The van der Waals surface area contributed by atoms with Gasteiger partial charge in [-0.3, -0.25) is 4.79 Å². The maximum atomic E-state index is 15.8. The number of carbonyl (C=O) groups is 1. The second-order valence-electron chi connectivity index (χ2n) is 12.1. The van der Waals surface area contributed by atoms with Crippen LogP contribution in [-0.4, -0.2) is 30.6 Å². The monoisotopic (exact) mass is 491 g/mol. The van der Waals surface area contributed by atoms with Crippen LogP contribution in [0.2, 0.25) is 0 Å². The van der Waals surface area contributed by atoms with E-state index in [0.717, 1.165) is 37.7 Å². The lowest BCUT2D eigenvalue weighted by atomic mass is 9.51. The number of carbonyl (C=O) groups excluding carboxylic acids is 1. The van der Waals surface area contributed by atoms with E-state index in [-0.39, 0.29) is 29.2 Å². The molecule has 3 nitrogen and oxygen atoms in total. The summed E-state index contributed by atoms with van der Waals surface area (Å²) < 4.78 is 31.0. The Morgan fingerprint density at radius 3 is 2.56 bits per heavy atom. The first-order valence-electron chi connectivity index (χ1n) is 13.5. The van der Waals surface area contributed by atoms with Crippen LogP contribution in [0.1, 0.15) is 76.2 Å². The van der Waals surface area contributed by atoms with Crippen molar-refractivity contribution in [1.29, 1.82) is 0 Å². The highest BCUT2D eigenvalue weighted by molar-refractivity contribution is 5.93. The quantitative estimate of drug-likeness (QED) is 0.510. The fourth-order valence-corrected chi connectivity index (χ4v) is 7.77. The van der Waals surface area contributed by atoms with Gasteiger partial charge in [-0.2, -0.15) is 0 Å². The summed E-state index contributed by atoms with van der Waals surface area (Å²) in [5, 5.41) is 12.0. The number of hydrogen-bond donors (Lipinski definition) is 1. The van der Waals surface area contributed by atoms with Crippen LogP contribution in [-0.2, 0) is 4.79 Å². The average molecular weight is 492 g/mol. The molecule has 3 fully saturated rings. The fraction of sp³-hybridized carbons (Fsp3) is 0.581. The molecule has 1 N–H and O–H groups in total. The van der Waals surface area contributed by atoms with Gasteiger partial charge in [-0.25, -0.2) is 8.78 Å². The van der Waals surface area contributed by atoms with E-state index in [1.807, 2.05) is 0 Å². The Labute approximate surface area is 212 Å². The first-order chi connectivity index (χ1) is 17.1. The Hall–Kier alpha value is -2.45. The molecule has 0 bridgehead atoms. The average Bonchev–Trinajstić information content (AvgIpc) is 3.63. The summed E-state index contributed by atoms with van der Waals surface area (Å²) in [6.45, 7) is 2.14. The van der Waals surface area contributed by atoms with Crippen LogP contribution in [0.3, 0.4) is 0 Å². The zero-order valence-electron chi connectivity index (χ0n) is 21.5. The van der Waals surface area contributed by atoms with E-state index in [1.165, 1.54) is 11.1 Å². The molecule has 3 saturated carbocycles. The smallest absolute Gasteiger partial charge is 0.182 e. The van der Waals surface area contributed by atoms with Gasteiger partial charge >= 0.3 is 0 Å². The first kappa shape index (κ1) is 23.9. The molecular formula is C31H35F2NO2. The molecule has 5 atom stereocenters. The Morgan fingerprint density at radius 1 is 1.06 bits per heavy atom. The standard InChI is InChI=1S/C31H35F2NO2/c1-30-17-24(22-10-11-26(34(2)3)29(33)28(22)32)27-21-9-7-20(35)16-19(21)6-8-23(27)25(30)13-15-31(30,36)14-12-18-4-5-18/h10-11,16,18,23-25,36H,4-9,13,15,17H2,1-3H3/t23-,24+,25-,30-,31-/m0/s1. The Kier molecular flexibility index (Phi) is 5.50. The number of benzene rings is 1. The summed E-state index contributed by atoms with van der Waals surface area (Å²) in [7, 11) is 3.41. The SMILES string of the molecule is CN(C)c1ccc([C@H]2C[C@@]3(C)[C@@H](CC[C@@]3(O)C#CC3CC3)[C@@H]3CCC4=CC(=O)CCC4=C32)c(F)c1F. The van der Waals surface area contributed by atoms with E-state index in [4.69, 9.17) is 0 Å². The van der Waals surface area contributed by atoms with Crippen molar-refractivity contribution in [1.82, 2.24) is 0 Å². The van der Waals surface area contributed by atoms with Gasteiger partial charge in [0, 0.05) is 37.8 Å². The number of halogens is 2. The third-order valence-corrected chi connectivity index (χ3v) is 9.90. The van der Waals surface area contributed by atoms with Crippen molar-refractivity contribution in [3.05, 3.63) is 52.1 Å². The number of aliphatic hydroxyl groups is 1. The molecule has 0 heterocycles. The van der Waals surface area contributed by atoms with Gasteiger partial charge in [-0.15, -0.1) is 0 Å². The number of rotatable bonds is 2. The molecule has 0 amide bonds. The minimum atomic E-state index is -1.12. The third-order valence-electron chi connectivity index (χ3n) is 9.90. The van der Waals surface area contributed by atoms with Crippen molar-refractivity contribution in [2.24, 2.45) is 23.2 Å². The largest absolute Gasteiger partial charge is 0.377 e. The number of nitrogens with zero attached hydrogens (tertiary/aromatic N) is 1. The molecule has 0 aliphatic heterocycles. The van der Waals surface area contributed by atoms with Gasteiger partial charge in [-0.05, 0) is 92.1 Å². The molecule has 0 saturated heterocycles. The number of allylic oxidation sites excluding steroid dienone is 4. The molecule has 0 spiro atoms. The number of hydrogen-bond acceptors (Lipinski definition) is 3. The molecule has 5 aliphatic carbocycles. The minimum Gasteiger partial charge on any atom is -0.377 e. The van der Waals surface area contributed by atoms with Gasteiger partial charge in [0.15, 0.2) is 17.4 Å². The molecule has 0 unspecified atom stereocenters. The van der Waals surface area contributed by atoms with E-state index in [1.54, 1.807) is 37.2 Å². The van der Waals surface area contributed by atoms with Crippen molar-refractivity contribution in [2.45, 2.75) is 76.2 Å². The lowest BCUT2D eigenvalue weighted by Gasteiger charge is -2.53. The second kappa shape index (κ2) is 8.28. The van der Waals surface area contributed by atoms with Crippen LogP contribution in [0.25, 0.3) is 0 Å². The summed E-state index contributed by atoms with van der Waals surface area (Å²) in [6, 6.07) is 3.41. The Balaban J connectivity index is 1.52. The van der Waals surface area contributed by atoms with Gasteiger partial charge < -0.3 is 10.0 Å². The number of ketones is 1. The number of anilines is 1. The van der Waals surface area contributed by atoms with Gasteiger partial charge in [0.2, 0.25) is 0 Å². The summed E-state index contributed by atoms with van der Waals surface area (Å²) in [6.07, 6.45) is 8.86. The summed E-state index contributed by atoms with van der Waals surface area (Å²) in [4.78, 5) is 13.8. The minimum absolute atomic E-state index is 0.156. The van der Waals surface area contributed by atoms with Crippen molar-refractivity contribution in [3.63, 3.8) is 0 Å². The van der Waals surface area contributed by atoms with Crippen LogP contribution in [0.15, 0.2) is 34.9 Å². The lowest BCUT2D eigenvalue weighted by molar-refractivity contribution is -0.114. The Bertz CT molecular complexity index is 1260. The van der Waals surface area contributed by atoms with E-state index in [0.29, 0.717) is 37.2 Å². The van der Waals surface area contributed by atoms with Crippen molar-refractivity contribution >= 4 is 11.5 Å². The molecule has 0 aromatic heterocycles. The van der Waals surface area contributed by atoms with E-state index >= 15 is 8.78 Å². The second-order valence-corrected chi connectivity index (χ2v) is 12.1. The molecule has 5 heteroatoms. The molecule has 5 aliphatic rings. The van der Waals surface area contributed by atoms with Crippen LogP contribution in [0.5, 0.6) is 0 Å². The van der Waals surface area contributed by atoms with Crippen LogP contribution in [0.4, 0.5) is 14.5 Å². The Morgan fingerprint density at radius 2 is 1.83 bits per heavy atom. The first-order valence-corrected chi connectivity index (χ1v) is 13.5. The maximum absolute atomic E-state index is 15.8. The van der Waals surface area contributed by atoms with Crippen molar-refractivity contribution < 1.29 is 18.7 Å². The van der Waals surface area contributed by atoms with E-state index in [2.05, 4.69) is 18.8 Å². The molecular weight excluding hydrogens is 456 g/mol. The maximum Gasteiger partial charge on any atom is 0.182 e. The van der Waals surface area contributed by atoms with Crippen LogP contribution < -0.4 is 4.90 Å². The van der Waals surface area contributed by atoms with E-state index < -0.39 is 22.7 Å². The predicted octanol–water partition coefficient (Wildman–Crippen LogP) is 6.07. The van der Waals surface area contributed by atoms with E-state index in [9.17, 15) is 9.90 Å². The molecule has 0 radical (unpaired) electrons. The molecule has 1 aromatic rings. The zero-order valence-corrected chi connectivity index (χ0v) is 21.5. The molecule has 1 aromatic carbocycles. The van der Waals surface area contributed by atoms with Crippen molar-refractivity contribution in [2.75, 3.05) is 19.0 Å². The normalized spacial score (nSPS) is 35.3. The highest BCUT2D eigenvalue weighted by Gasteiger charge is 2.63. The molecule has 36 heavy (non-hydrogen) atoms. The van der Waals surface area contributed by atoms with Gasteiger partial charge in [0.05, 0.1) is 5.69 Å². The summed E-state index contributed by atoms with van der Waals surface area (Å²) in [5.74, 6) is 5.61. The summed E-state index contributed by atoms with van der Waals surface area (Å²) in [5.41, 5.74) is 2.43.